The highest BCUT2D eigenvalue weighted by atomic mass is 35.5. The third-order valence-electron chi connectivity index (χ3n) is 4.43. The number of aryl methyl sites for hydroxylation is 1. The lowest BCUT2D eigenvalue weighted by atomic mass is 10.1. The van der Waals surface area contributed by atoms with Crippen LogP contribution in [0.1, 0.15) is 28.1 Å². The summed E-state index contributed by atoms with van der Waals surface area (Å²) in [4.78, 5) is 20.9. The molecule has 2 aromatic heterocycles. The molecule has 1 aliphatic rings. The molecule has 1 amide bonds. The first kappa shape index (κ1) is 21.9. The van der Waals surface area contributed by atoms with Gasteiger partial charge in [0.1, 0.15) is 4.83 Å². The minimum Gasteiger partial charge on any atom is -0.336 e. The number of carbonyl (C=O) groups excluding carboxylic acids is 1. The highest BCUT2D eigenvalue weighted by Gasteiger charge is 2.24. The summed E-state index contributed by atoms with van der Waals surface area (Å²) in [6, 6.07) is 10.2. The Morgan fingerprint density at radius 3 is 2.78 bits per heavy atom. The van der Waals surface area contributed by atoms with Crippen molar-refractivity contribution in [1.29, 1.82) is 0 Å². The number of likely N-dealkylation sites (tertiary alicyclic amines) is 1. The van der Waals surface area contributed by atoms with Gasteiger partial charge in [-0.2, -0.15) is 0 Å². The number of halogens is 2. The molecule has 1 aromatic carbocycles. The molecule has 3 N–H and O–H groups in total. The van der Waals surface area contributed by atoms with Crippen molar-refractivity contribution in [2.24, 2.45) is 5.73 Å². The first-order chi connectivity index (χ1) is 12.1. The lowest BCUT2D eigenvalue weighted by Crippen LogP contribution is -2.45. The number of thiazole rings is 1. The normalized spacial score (nSPS) is 16.5. The molecule has 1 unspecified atom stereocenters. The van der Waals surface area contributed by atoms with E-state index in [0.717, 1.165) is 44.6 Å². The lowest BCUT2D eigenvalue weighted by Gasteiger charge is -2.30. The van der Waals surface area contributed by atoms with Crippen LogP contribution in [0.4, 0.5) is 10.8 Å². The molecule has 3 heterocycles. The van der Waals surface area contributed by atoms with Crippen LogP contribution in [-0.4, -0.2) is 34.9 Å². The van der Waals surface area contributed by atoms with Gasteiger partial charge in [-0.25, -0.2) is 4.98 Å². The molecule has 1 atom stereocenters. The second-order valence-electron chi connectivity index (χ2n) is 6.39. The van der Waals surface area contributed by atoms with E-state index in [1.165, 1.54) is 16.9 Å². The SMILES string of the molecule is Cc1ccccc1Nc1nc2sc(C(=O)N3CCCC(N)C3)cc2s1.Cl.Cl. The van der Waals surface area contributed by atoms with Crippen LogP contribution in [0.3, 0.4) is 0 Å². The molecule has 9 heteroatoms. The van der Waals surface area contributed by atoms with Crippen molar-refractivity contribution in [2.75, 3.05) is 18.4 Å². The zero-order chi connectivity index (χ0) is 17.4. The van der Waals surface area contributed by atoms with E-state index < -0.39 is 0 Å². The Morgan fingerprint density at radius 1 is 1.30 bits per heavy atom. The fourth-order valence-electron chi connectivity index (χ4n) is 3.07. The van der Waals surface area contributed by atoms with Gasteiger partial charge in [-0.15, -0.1) is 36.2 Å². The number of amides is 1. The summed E-state index contributed by atoms with van der Waals surface area (Å²) in [6.45, 7) is 3.52. The predicted molar refractivity (Wildman–Crippen MR) is 120 cm³/mol. The largest absolute Gasteiger partial charge is 0.336 e. The number of nitrogens with zero attached hydrogens (tertiary/aromatic N) is 2. The predicted octanol–water partition coefficient (Wildman–Crippen LogP) is 4.82. The second kappa shape index (κ2) is 9.21. The smallest absolute Gasteiger partial charge is 0.264 e. The molecule has 5 nitrogen and oxygen atoms in total. The number of piperidine rings is 1. The van der Waals surface area contributed by atoms with E-state index >= 15 is 0 Å². The topological polar surface area (TPSA) is 71.2 Å². The molecular formula is C18H22Cl2N4OS2. The van der Waals surface area contributed by atoms with E-state index in [1.54, 1.807) is 11.3 Å². The van der Waals surface area contributed by atoms with Gasteiger partial charge in [-0.1, -0.05) is 29.5 Å². The number of carbonyl (C=O) groups is 1. The Bertz CT molecular complexity index is 896. The van der Waals surface area contributed by atoms with Crippen LogP contribution < -0.4 is 11.1 Å². The summed E-state index contributed by atoms with van der Waals surface area (Å²) in [7, 11) is 0. The van der Waals surface area contributed by atoms with Crippen molar-refractivity contribution in [2.45, 2.75) is 25.8 Å². The summed E-state index contributed by atoms with van der Waals surface area (Å²) in [6.07, 6.45) is 1.98. The number of fused-ring (bicyclic) bond motifs is 1. The molecule has 1 aliphatic heterocycles. The molecule has 0 saturated carbocycles. The van der Waals surface area contributed by atoms with Crippen molar-refractivity contribution in [3.05, 3.63) is 40.8 Å². The third-order valence-corrected chi connectivity index (χ3v) is 6.50. The van der Waals surface area contributed by atoms with Gasteiger partial charge < -0.3 is 16.0 Å². The number of anilines is 2. The maximum atomic E-state index is 12.7. The fourth-order valence-corrected chi connectivity index (χ4v) is 5.17. The number of nitrogens with one attached hydrogen (secondary N) is 1. The van der Waals surface area contributed by atoms with Gasteiger partial charge in [-0.3, -0.25) is 4.79 Å². The standard InChI is InChI=1S/C18H20N4OS2.2ClH/c1-11-5-2-3-7-13(11)20-18-21-16-14(25-18)9-15(24-16)17(23)22-8-4-6-12(19)10-22;;/h2-3,5,7,9,12H,4,6,8,10,19H2,1H3,(H,20,21);2*1H. The van der Waals surface area contributed by atoms with Gasteiger partial charge in [-0.05, 0) is 37.5 Å². The molecule has 27 heavy (non-hydrogen) atoms. The minimum absolute atomic E-state index is 0. The van der Waals surface area contributed by atoms with Gasteiger partial charge in [0, 0.05) is 24.8 Å². The number of hydrogen-bond acceptors (Lipinski definition) is 6. The molecule has 0 radical (unpaired) electrons. The summed E-state index contributed by atoms with van der Waals surface area (Å²) in [5.74, 6) is 0.0822. The average Bonchev–Trinajstić information content (AvgIpc) is 3.15. The molecule has 4 rings (SSSR count). The zero-order valence-corrected chi connectivity index (χ0v) is 18.1. The van der Waals surface area contributed by atoms with Crippen molar-refractivity contribution in [3.8, 4) is 0 Å². The molecule has 1 fully saturated rings. The van der Waals surface area contributed by atoms with E-state index in [0.29, 0.717) is 6.54 Å². The number of para-hydroxylation sites is 1. The Hall–Kier alpha value is -1.38. The van der Waals surface area contributed by atoms with Crippen molar-refractivity contribution in [3.63, 3.8) is 0 Å². The van der Waals surface area contributed by atoms with E-state index in [4.69, 9.17) is 5.73 Å². The van der Waals surface area contributed by atoms with Crippen LogP contribution in [-0.2, 0) is 0 Å². The maximum Gasteiger partial charge on any atom is 0.264 e. The zero-order valence-electron chi connectivity index (χ0n) is 14.8. The average molecular weight is 445 g/mol. The summed E-state index contributed by atoms with van der Waals surface area (Å²) >= 11 is 3.04. The fraction of sp³-hybridized carbons (Fsp3) is 0.333. The summed E-state index contributed by atoms with van der Waals surface area (Å²) in [5.41, 5.74) is 8.23. The highest BCUT2D eigenvalue weighted by Crippen LogP contribution is 2.35. The summed E-state index contributed by atoms with van der Waals surface area (Å²) < 4.78 is 1.05. The van der Waals surface area contributed by atoms with Crippen molar-refractivity contribution < 1.29 is 4.79 Å². The van der Waals surface area contributed by atoms with Gasteiger partial charge in [0.25, 0.3) is 5.91 Å². The van der Waals surface area contributed by atoms with Crippen molar-refractivity contribution in [1.82, 2.24) is 9.88 Å². The monoisotopic (exact) mass is 444 g/mol. The first-order valence-electron chi connectivity index (χ1n) is 8.38. The van der Waals surface area contributed by atoms with Crippen molar-refractivity contribution >= 4 is 73.7 Å². The Kier molecular flexibility index (Phi) is 7.47. The quantitative estimate of drug-likeness (QED) is 0.607. The van der Waals surface area contributed by atoms with Crippen LogP contribution >= 0.6 is 47.5 Å². The Balaban J connectivity index is 0.00000131. The molecular weight excluding hydrogens is 423 g/mol. The van der Waals surface area contributed by atoms with Crippen LogP contribution in [0.15, 0.2) is 30.3 Å². The highest BCUT2D eigenvalue weighted by molar-refractivity contribution is 7.29. The van der Waals surface area contributed by atoms with Crippen LogP contribution in [0.5, 0.6) is 0 Å². The second-order valence-corrected chi connectivity index (χ2v) is 8.45. The van der Waals surface area contributed by atoms with Gasteiger partial charge in [0.15, 0.2) is 5.13 Å². The van der Waals surface area contributed by atoms with E-state index in [2.05, 4.69) is 23.3 Å². The first-order valence-corrected chi connectivity index (χ1v) is 10.0. The molecule has 0 spiro atoms. The number of rotatable bonds is 3. The van der Waals surface area contributed by atoms with Crippen LogP contribution in [0.2, 0.25) is 0 Å². The third kappa shape index (κ3) is 4.73. The minimum atomic E-state index is 0. The summed E-state index contributed by atoms with van der Waals surface area (Å²) in [5, 5.41) is 4.22. The maximum absolute atomic E-state index is 12.7. The molecule has 146 valence electrons. The number of thiophene rings is 1. The van der Waals surface area contributed by atoms with E-state index in [9.17, 15) is 4.79 Å². The number of nitrogens with two attached hydrogens (primary N) is 1. The van der Waals surface area contributed by atoms with Gasteiger partial charge >= 0.3 is 0 Å². The molecule has 0 bridgehead atoms. The van der Waals surface area contributed by atoms with Gasteiger partial charge in [0.05, 0.1) is 9.58 Å². The Labute approximate surface area is 178 Å². The number of aromatic nitrogens is 1. The Morgan fingerprint density at radius 2 is 2.07 bits per heavy atom. The van der Waals surface area contributed by atoms with E-state index in [-0.39, 0.29) is 36.8 Å². The number of benzene rings is 1. The lowest BCUT2D eigenvalue weighted by molar-refractivity contribution is 0.0714. The van der Waals surface area contributed by atoms with E-state index in [1.807, 2.05) is 29.2 Å². The van der Waals surface area contributed by atoms with Crippen LogP contribution in [0.25, 0.3) is 9.53 Å². The molecule has 1 saturated heterocycles. The number of hydrogen-bond donors (Lipinski definition) is 2. The molecule has 0 aliphatic carbocycles. The molecule has 3 aromatic rings. The van der Waals surface area contributed by atoms with Gasteiger partial charge in [0.2, 0.25) is 0 Å². The van der Waals surface area contributed by atoms with Crippen LogP contribution in [0, 0.1) is 6.92 Å².